The quantitative estimate of drug-likeness (QED) is 0.704. The summed E-state index contributed by atoms with van der Waals surface area (Å²) < 4.78 is 0. The van der Waals surface area contributed by atoms with Gasteiger partial charge in [0.05, 0.1) is 17.8 Å². The number of aromatic nitrogens is 2. The third-order valence-corrected chi connectivity index (χ3v) is 4.61. The second-order valence-electron chi connectivity index (χ2n) is 5.51. The number of nitrogens with zero attached hydrogens (tertiary/aromatic N) is 3. The van der Waals surface area contributed by atoms with E-state index in [2.05, 4.69) is 9.97 Å². The Morgan fingerprint density at radius 3 is 2.79 bits per heavy atom. The molecule has 0 saturated heterocycles. The zero-order valence-corrected chi connectivity index (χ0v) is 14.6. The van der Waals surface area contributed by atoms with Crippen molar-refractivity contribution in [3.63, 3.8) is 0 Å². The fourth-order valence-corrected chi connectivity index (χ4v) is 3.34. The standard InChI is InChI=1S/C19H19N3OS/c1-3-22(16-8-6-7-14(2)11-16)18(23)12-15-13-24-19(21-15)17-9-4-5-10-20-17/h4-11,13H,3,12H2,1-2H3. The third kappa shape index (κ3) is 3.68. The third-order valence-electron chi connectivity index (χ3n) is 3.70. The van der Waals surface area contributed by atoms with Crippen molar-refractivity contribution in [1.29, 1.82) is 0 Å². The normalized spacial score (nSPS) is 10.6. The van der Waals surface area contributed by atoms with Crippen molar-refractivity contribution in [2.24, 2.45) is 0 Å². The van der Waals surface area contributed by atoms with Crippen molar-refractivity contribution in [2.75, 3.05) is 11.4 Å². The molecule has 0 aliphatic carbocycles. The molecule has 0 aliphatic rings. The number of hydrogen-bond donors (Lipinski definition) is 0. The van der Waals surface area contributed by atoms with E-state index in [1.807, 2.05) is 61.7 Å². The summed E-state index contributed by atoms with van der Waals surface area (Å²) in [6.45, 7) is 4.65. The maximum atomic E-state index is 12.7. The summed E-state index contributed by atoms with van der Waals surface area (Å²) in [5.41, 5.74) is 3.71. The van der Waals surface area contributed by atoms with Gasteiger partial charge in [0.2, 0.25) is 5.91 Å². The molecule has 3 aromatic rings. The van der Waals surface area contributed by atoms with Crippen LogP contribution in [0.2, 0.25) is 0 Å². The molecular formula is C19H19N3OS. The van der Waals surface area contributed by atoms with Gasteiger partial charge in [-0.2, -0.15) is 0 Å². The predicted octanol–water partition coefficient (Wildman–Crippen LogP) is 4.11. The number of benzene rings is 1. The van der Waals surface area contributed by atoms with Crippen LogP contribution in [0.25, 0.3) is 10.7 Å². The molecule has 0 saturated carbocycles. The first kappa shape index (κ1) is 16.3. The highest BCUT2D eigenvalue weighted by Gasteiger charge is 2.16. The van der Waals surface area contributed by atoms with E-state index < -0.39 is 0 Å². The number of amides is 1. The largest absolute Gasteiger partial charge is 0.312 e. The molecule has 2 aromatic heterocycles. The monoisotopic (exact) mass is 337 g/mol. The van der Waals surface area contributed by atoms with Crippen molar-refractivity contribution in [3.8, 4) is 10.7 Å². The van der Waals surface area contributed by atoms with E-state index >= 15 is 0 Å². The maximum absolute atomic E-state index is 12.7. The van der Waals surface area contributed by atoms with Crippen molar-refractivity contribution < 1.29 is 4.79 Å². The Kier molecular flexibility index (Phi) is 5.01. The first-order valence-corrected chi connectivity index (χ1v) is 8.78. The first-order valence-electron chi connectivity index (χ1n) is 7.90. The molecule has 0 N–H and O–H groups in total. The second kappa shape index (κ2) is 7.36. The Morgan fingerprint density at radius 1 is 1.21 bits per heavy atom. The number of anilines is 1. The van der Waals surface area contributed by atoms with Gasteiger partial charge >= 0.3 is 0 Å². The molecule has 4 nitrogen and oxygen atoms in total. The zero-order valence-electron chi connectivity index (χ0n) is 13.8. The van der Waals surface area contributed by atoms with E-state index in [1.54, 1.807) is 11.1 Å². The molecule has 0 bridgehead atoms. The van der Waals surface area contributed by atoms with Crippen LogP contribution in [0.3, 0.4) is 0 Å². The Bertz CT molecular complexity index is 829. The van der Waals surface area contributed by atoms with Crippen molar-refractivity contribution in [1.82, 2.24) is 9.97 Å². The van der Waals surface area contributed by atoms with Crippen LogP contribution in [-0.4, -0.2) is 22.4 Å². The van der Waals surface area contributed by atoms with E-state index in [9.17, 15) is 4.79 Å². The van der Waals surface area contributed by atoms with Crippen LogP contribution in [-0.2, 0) is 11.2 Å². The second-order valence-corrected chi connectivity index (χ2v) is 6.37. The number of rotatable bonds is 5. The summed E-state index contributed by atoms with van der Waals surface area (Å²) in [6, 6.07) is 13.7. The highest BCUT2D eigenvalue weighted by molar-refractivity contribution is 7.13. The van der Waals surface area contributed by atoms with Gasteiger partial charge in [0.25, 0.3) is 0 Å². The van der Waals surface area contributed by atoms with Crippen LogP contribution in [0.15, 0.2) is 54.0 Å². The van der Waals surface area contributed by atoms with Crippen molar-refractivity contribution in [2.45, 2.75) is 20.3 Å². The minimum Gasteiger partial charge on any atom is -0.312 e. The van der Waals surface area contributed by atoms with Gasteiger partial charge in [-0.15, -0.1) is 11.3 Å². The van der Waals surface area contributed by atoms with E-state index in [0.29, 0.717) is 13.0 Å². The Morgan fingerprint density at radius 2 is 2.08 bits per heavy atom. The minimum absolute atomic E-state index is 0.0565. The summed E-state index contributed by atoms with van der Waals surface area (Å²) in [5.74, 6) is 0.0565. The van der Waals surface area contributed by atoms with Crippen LogP contribution >= 0.6 is 11.3 Å². The molecule has 122 valence electrons. The molecule has 1 amide bonds. The van der Waals surface area contributed by atoms with Crippen LogP contribution in [0.5, 0.6) is 0 Å². The summed E-state index contributed by atoms with van der Waals surface area (Å²) in [4.78, 5) is 23.3. The van der Waals surface area contributed by atoms with E-state index in [1.165, 1.54) is 11.3 Å². The van der Waals surface area contributed by atoms with Gasteiger partial charge in [0, 0.05) is 23.8 Å². The summed E-state index contributed by atoms with van der Waals surface area (Å²) in [5, 5.41) is 2.78. The van der Waals surface area contributed by atoms with Gasteiger partial charge in [-0.05, 0) is 43.7 Å². The van der Waals surface area contributed by atoms with E-state index in [0.717, 1.165) is 27.6 Å². The topological polar surface area (TPSA) is 46.1 Å². The lowest BCUT2D eigenvalue weighted by molar-refractivity contribution is -0.118. The van der Waals surface area contributed by atoms with Gasteiger partial charge in [-0.3, -0.25) is 9.78 Å². The Hall–Kier alpha value is -2.53. The molecule has 5 heteroatoms. The SMILES string of the molecule is CCN(C(=O)Cc1csc(-c2ccccn2)n1)c1cccc(C)c1. The average Bonchev–Trinajstić information content (AvgIpc) is 3.05. The number of carbonyl (C=O) groups excluding carboxylic acids is 1. The summed E-state index contributed by atoms with van der Waals surface area (Å²) in [6.07, 6.45) is 2.04. The smallest absolute Gasteiger partial charge is 0.233 e. The molecular weight excluding hydrogens is 318 g/mol. The molecule has 0 radical (unpaired) electrons. The fraction of sp³-hybridized carbons (Fsp3) is 0.211. The number of pyridine rings is 1. The molecule has 24 heavy (non-hydrogen) atoms. The van der Waals surface area contributed by atoms with Gasteiger partial charge in [-0.25, -0.2) is 4.98 Å². The van der Waals surface area contributed by atoms with Crippen LogP contribution in [0, 0.1) is 6.92 Å². The lowest BCUT2D eigenvalue weighted by atomic mass is 10.2. The van der Waals surface area contributed by atoms with Gasteiger partial charge in [0.15, 0.2) is 0 Å². The Labute approximate surface area is 145 Å². The summed E-state index contributed by atoms with van der Waals surface area (Å²) in [7, 11) is 0. The van der Waals surface area contributed by atoms with E-state index in [4.69, 9.17) is 0 Å². The molecule has 0 unspecified atom stereocenters. The number of likely N-dealkylation sites (N-methyl/N-ethyl adjacent to an activating group) is 1. The van der Waals surface area contributed by atoms with Gasteiger partial charge in [0.1, 0.15) is 5.01 Å². The zero-order chi connectivity index (χ0) is 16.9. The van der Waals surface area contributed by atoms with Gasteiger partial charge < -0.3 is 4.90 Å². The van der Waals surface area contributed by atoms with Crippen LogP contribution in [0.4, 0.5) is 5.69 Å². The minimum atomic E-state index is 0.0565. The fourth-order valence-electron chi connectivity index (χ4n) is 2.54. The number of thiazole rings is 1. The molecule has 0 aliphatic heterocycles. The van der Waals surface area contributed by atoms with Gasteiger partial charge in [-0.1, -0.05) is 18.2 Å². The lowest BCUT2D eigenvalue weighted by Gasteiger charge is -2.21. The number of hydrogen-bond acceptors (Lipinski definition) is 4. The molecule has 0 fully saturated rings. The number of aryl methyl sites for hydroxylation is 1. The summed E-state index contributed by atoms with van der Waals surface area (Å²) >= 11 is 1.52. The van der Waals surface area contributed by atoms with Crippen LogP contribution < -0.4 is 4.90 Å². The maximum Gasteiger partial charge on any atom is 0.233 e. The highest BCUT2D eigenvalue weighted by Crippen LogP contribution is 2.23. The highest BCUT2D eigenvalue weighted by atomic mass is 32.1. The lowest BCUT2D eigenvalue weighted by Crippen LogP contribution is -2.32. The molecule has 0 spiro atoms. The number of carbonyl (C=O) groups is 1. The van der Waals surface area contributed by atoms with Crippen LogP contribution in [0.1, 0.15) is 18.2 Å². The van der Waals surface area contributed by atoms with Crippen molar-refractivity contribution >= 4 is 22.9 Å². The Balaban J connectivity index is 1.75. The molecule has 2 heterocycles. The molecule has 1 aromatic carbocycles. The van der Waals surface area contributed by atoms with Crippen molar-refractivity contribution in [3.05, 3.63) is 65.3 Å². The molecule has 0 atom stereocenters. The predicted molar refractivity (Wildman–Crippen MR) is 98.3 cm³/mol. The van der Waals surface area contributed by atoms with E-state index in [-0.39, 0.29) is 5.91 Å². The first-order chi connectivity index (χ1) is 11.7. The molecule has 3 rings (SSSR count). The average molecular weight is 337 g/mol.